The first-order valence-electron chi connectivity index (χ1n) is 6.80. The molecule has 0 aliphatic carbocycles. The van der Waals surface area contributed by atoms with Gasteiger partial charge in [0.2, 0.25) is 5.88 Å². The van der Waals surface area contributed by atoms with Crippen LogP contribution < -0.4 is 9.64 Å². The van der Waals surface area contributed by atoms with E-state index in [9.17, 15) is 9.59 Å². The van der Waals surface area contributed by atoms with E-state index in [2.05, 4.69) is 4.37 Å². The molecule has 1 fully saturated rings. The Balaban J connectivity index is 1.88. The number of para-hydroxylation sites is 1. The van der Waals surface area contributed by atoms with Crippen molar-refractivity contribution in [2.75, 3.05) is 12.0 Å². The maximum Gasteiger partial charge on any atom is 0.332 e. The molecule has 1 aromatic heterocycles. The molecular formula is C15H15N3O3S. The highest BCUT2D eigenvalue weighted by Crippen LogP contribution is 2.28. The van der Waals surface area contributed by atoms with E-state index in [-0.39, 0.29) is 18.5 Å². The van der Waals surface area contributed by atoms with Crippen LogP contribution in [0, 0.1) is 0 Å². The zero-order chi connectivity index (χ0) is 15.7. The first kappa shape index (κ1) is 14.5. The molecule has 6 nitrogen and oxygen atoms in total. The van der Waals surface area contributed by atoms with Gasteiger partial charge in [-0.25, -0.2) is 4.79 Å². The summed E-state index contributed by atoms with van der Waals surface area (Å²) in [5.41, 5.74) is 1.45. The van der Waals surface area contributed by atoms with Gasteiger partial charge in [-0.15, -0.1) is 0 Å². The zero-order valence-electron chi connectivity index (χ0n) is 12.2. The summed E-state index contributed by atoms with van der Waals surface area (Å²) in [5, 5.41) is 1.79. The van der Waals surface area contributed by atoms with E-state index in [0.717, 1.165) is 5.56 Å². The average molecular weight is 317 g/mol. The lowest BCUT2D eigenvalue weighted by Gasteiger charge is -2.19. The van der Waals surface area contributed by atoms with Crippen molar-refractivity contribution < 1.29 is 14.3 Å². The molecular weight excluding hydrogens is 302 g/mol. The molecule has 2 aromatic rings. The Bertz CT molecular complexity index is 701. The number of imide groups is 1. The fourth-order valence-electron chi connectivity index (χ4n) is 2.48. The number of carbonyl (C=O) groups is 2. The summed E-state index contributed by atoms with van der Waals surface area (Å²) < 4.78 is 9.22. The summed E-state index contributed by atoms with van der Waals surface area (Å²) in [5.74, 6) is 0.235. The van der Waals surface area contributed by atoms with Crippen molar-refractivity contribution >= 4 is 29.2 Å². The van der Waals surface area contributed by atoms with Crippen molar-refractivity contribution in [2.24, 2.45) is 0 Å². The predicted octanol–water partition coefficient (Wildman–Crippen LogP) is 2.51. The fourth-order valence-corrected chi connectivity index (χ4v) is 3.13. The van der Waals surface area contributed by atoms with Crippen LogP contribution in [0.2, 0.25) is 0 Å². The minimum atomic E-state index is -0.521. The maximum atomic E-state index is 12.6. The third-order valence-corrected chi connectivity index (χ3v) is 4.27. The van der Waals surface area contributed by atoms with E-state index in [1.54, 1.807) is 12.3 Å². The summed E-state index contributed by atoms with van der Waals surface area (Å²) in [4.78, 5) is 27.8. The SMILES string of the molecule is COc1nscc1CN1C(=O)C(C)N(c2ccccc2)C1=O. The van der Waals surface area contributed by atoms with E-state index in [1.807, 2.05) is 30.3 Å². The monoisotopic (exact) mass is 317 g/mol. The number of methoxy groups -OCH3 is 1. The Kier molecular flexibility index (Phi) is 3.81. The number of hydrogen-bond acceptors (Lipinski definition) is 5. The second-order valence-electron chi connectivity index (χ2n) is 4.94. The van der Waals surface area contributed by atoms with Gasteiger partial charge in [-0.2, -0.15) is 4.37 Å². The molecule has 0 radical (unpaired) electrons. The smallest absolute Gasteiger partial charge is 0.332 e. The van der Waals surface area contributed by atoms with Gasteiger partial charge in [-0.3, -0.25) is 14.6 Å². The van der Waals surface area contributed by atoms with Crippen LogP contribution in [0.5, 0.6) is 5.88 Å². The van der Waals surface area contributed by atoms with Crippen molar-refractivity contribution in [3.63, 3.8) is 0 Å². The van der Waals surface area contributed by atoms with Gasteiger partial charge in [0.1, 0.15) is 6.04 Å². The van der Waals surface area contributed by atoms with Gasteiger partial charge in [-0.05, 0) is 30.6 Å². The van der Waals surface area contributed by atoms with Crippen molar-refractivity contribution in [3.05, 3.63) is 41.3 Å². The second-order valence-corrected chi connectivity index (χ2v) is 5.57. The Morgan fingerprint density at radius 1 is 1.27 bits per heavy atom. The molecule has 1 atom stereocenters. The Hall–Kier alpha value is -2.41. The first-order valence-corrected chi connectivity index (χ1v) is 7.64. The molecule has 0 saturated carbocycles. The van der Waals surface area contributed by atoms with Gasteiger partial charge >= 0.3 is 6.03 Å². The van der Waals surface area contributed by atoms with Crippen LogP contribution in [0.3, 0.4) is 0 Å². The van der Waals surface area contributed by atoms with Gasteiger partial charge in [0.05, 0.1) is 13.7 Å². The van der Waals surface area contributed by atoms with Crippen LogP contribution >= 0.6 is 11.5 Å². The van der Waals surface area contributed by atoms with Crippen molar-refractivity contribution in [2.45, 2.75) is 19.5 Å². The minimum absolute atomic E-state index is 0.172. The molecule has 1 aromatic carbocycles. The molecule has 3 amide bonds. The van der Waals surface area contributed by atoms with Gasteiger partial charge < -0.3 is 4.74 Å². The standard InChI is InChI=1S/C15H15N3O3S/c1-10-14(19)17(8-11-9-22-16-13(11)21-2)15(20)18(10)12-6-4-3-5-7-12/h3-7,9-10H,8H2,1-2H3. The maximum absolute atomic E-state index is 12.6. The van der Waals surface area contributed by atoms with Crippen LogP contribution in [0.1, 0.15) is 12.5 Å². The molecule has 22 heavy (non-hydrogen) atoms. The zero-order valence-corrected chi connectivity index (χ0v) is 13.0. The summed E-state index contributed by atoms with van der Waals surface area (Å²) in [6.45, 7) is 1.90. The topological polar surface area (TPSA) is 62.7 Å². The number of urea groups is 1. The average Bonchev–Trinajstić information content (AvgIpc) is 3.07. The Labute approximate surface area is 132 Å². The highest BCUT2D eigenvalue weighted by Gasteiger charge is 2.43. The predicted molar refractivity (Wildman–Crippen MR) is 83.0 cm³/mol. The molecule has 1 unspecified atom stereocenters. The lowest BCUT2D eigenvalue weighted by atomic mass is 10.2. The van der Waals surface area contributed by atoms with Crippen molar-refractivity contribution in [1.29, 1.82) is 0 Å². The largest absolute Gasteiger partial charge is 0.480 e. The minimum Gasteiger partial charge on any atom is -0.480 e. The van der Waals surface area contributed by atoms with E-state index >= 15 is 0 Å². The lowest BCUT2D eigenvalue weighted by Crippen LogP contribution is -2.33. The fraction of sp³-hybridized carbons (Fsp3) is 0.267. The third-order valence-electron chi connectivity index (χ3n) is 3.61. The molecule has 7 heteroatoms. The molecule has 1 saturated heterocycles. The highest BCUT2D eigenvalue weighted by molar-refractivity contribution is 7.03. The van der Waals surface area contributed by atoms with Gasteiger partial charge in [0.15, 0.2) is 0 Å². The van der Waals surface area contributed by atoms with E-state index in [1.165, 1.54) is 28.4 Å². The highest BCUT2D eigenvalue weighted by atomic mass is 32.1. The molecule has 1 aliphatic heterocycles. The molecule has 114 valence electrons. The molecule has 0 spiro atoms. The molecule has 2 heterocycles. The summed E-state index contributed by atoms with van der Waals surface area (Å²) in [7, 11) is 1.52. The second kappa shape index (κ2) is 5.76. The Morgan fingerprint density at radius 2 is 2.00 bits per heavy atom. The molecule has 0 bridgehead atoms. The van der Waals surface area contributed by atoms with Gasteiger partial charge in [0.25, 0.3) is 5.91 Å². The van der Waals surface area contributed by atoms with Crippen LogP contribution in [-0.2, 0) is 11.3 Å². The quantitative estimate of drug-likeness (QED) is 0.813. The number of carbonyl (C=O) groups excluding carboxylic acids is 2. The number of nitrogens with zero attached hydrogens (tertiary/aromatic N) is 3. The number of aromatic nitrogens is 1. The Morgan fingerprint density at radius 3 is 2.68 bits per heavy atom. The van der Waals surface area contributed by atoms with Crippen molar-refractivity contribution in [3.8, 4) is 5.88 Å². The van der Waals surface area contributed by atoms with Crippen LogP contribution in [-0.4, -0.2) is 34.4 Å². The van der Waals surface area contributed by atoms with Gasteiger partial charge in [-0.1, -0.05) is 18.2 Å². The summed E-state index contributed by atoms with van der Waals surface area (Å²) in [6.07, 6.45) is 0. The molecule has 0 N–H and O–H groups in total. The number of rotatable bonds is 4. The number of hydrogen-bond donors (Lipinski definition) is 0. The normalized spacial score (nSPS) is 18.2. The van der Waals surface area contributed by atoms with Gasteiger partial charge in [0, 0.05) is 16.6 Å². The third kappa shape index (κ3) is 2.33. The van der Waals surface area contributed by atoms with E-state index in [4.69, 9.17) is 4.74 Å². The van der Waals surface area contributed by atoms with Crippen LogP contribution in [0.4, 0.5) is 10.5 Å². The lowest BCUT2D eigenvalue weighted by molar-refractivity contribution is -0.127. The van der Waals surface area contributed by atoms with E-state index < -0.39 is 6.04 Å². The van der Waals surface area contributed by atoms with Crippen molar-refractivity contribution in [1.82, 2.24) is 9.27 Å². The number of benzene rings is 1. The van der Waals surface area contributed by atoms with E-state index in [0.29, 0.717) is 11.6 Å². The number of ether oxygens (including phenoxy) is 1. The molecule has 1 aliphatic rings. The van der Waals surface area contributed by atoms with Crippen LogP contribution in [0.15, 0.2) is 35.7 Å². The number of anilines is 1. The van der Waals surface area contributed by atoms with Crippen LogP contribution in [0.25, 0.3) is 0 Å². The molecule has 3 rings (SSSR count). The summed E-state index contributed by atoms with van der Waals surface area (Å²) >= 11 is 1.24. The first-order chi connectivity index (χ1) is 10.6. The number of amides is 3. The summed E-state index contributed by atoms with van der Waals surface area (Å²) in [6, 6.07) is 8.35.